The molecule has 6 nitrogen and oxygen atoms in total. The van der Waals surface area contributed by atoms with Crippen LogP contribution in [0.3, 0.4) is 0 Å². The van der Waals surface area contributed by atoms with Gasteiger partial charge in [-0.25, -0.2) is 0 Å². The molecular formula is C18H18ClNO5. The van der Waals surface area contributed by atoms with E-state index in [0.29, 0.717) is 42.5 Å². The van der Waals surface area contributed by atoms with E-state index in [1.165, 1.54) is 0 Å². The number of ether oxygens (including phenoxy) is 2. The third kappa shape index (κ3) is 2.69. The number of carboxylic acid groups (broad SMARTS) is 1. The Kier molecular flexibility index (Phi) is 3.96. The van der Waals surface area contributed by atoms with Crippen LogP contribution in [0.5, 0.6) is 5.75 Å². The molecule has 2 saturated heterocycles. The molecule has 3 aliphatic rings. The molecule has 0 aromatic heterocycles. The summed E-state index contributed by atoms with van der Waals surface area (Å²) in [5, 5.41) is 10.3. The van der Waals surface area contributed by atoms with Gasteiger partial charge in [0.2, 0.25) is 0 Å². The van der Waals surface area contributed by atoms with Gasteiger partial charge in [0.15, 0.2) is 0 Å². The van der Waals surface area contributed by atoms with E-state index in [9.17, 15) is 14.7 Å². The van der Waals surface area contributed by atoms with Gasteiger partial charge in [0.1, 0.15) is 12.4 Å². The summed E-state index contributed by atoms with van der Waals surface area (Å²) in [5.74, 6) is -0.510. The summed E-state index contributed by atoms with van der Waals surface area (Å²) in [4.78, 5) is 26.4. The van der Waals surface area contributed by atoms with Gasteiger partial charge in [0.05, 0.1) is 17.6 Å². The summed E-state index contributed by atoms with van der Waals surface area (Å²) < 4.78 is 11.1. The quantitative estimate of drug-likeness (QED) is 0.870. The predicted octanol–water partition coefficient (Wildman–Crippen LogP) is 2.07. The smallest absolute Gasteiger partial charge is 0.311 e. The molecule has 2 fully saturated rings. The number of fused-ring (bicyclic) bond motifs is 2. The van der Waals surface area contributed by atoms with Crippen molar-refractivity contribution in [3.05, 3.63) is 34.4 Å². The van der Waals surface area contributed by atoms with Crippen LogP contribution in [0.4, 0.5) is 0 Å². The zero-order valence-electron chi connectivity index (χ0n) is 13.5. The normalized spacial score (nSPS) is 27.8. The summed E-state index contributed by atoms with van der Waals surface area (Å²) in [5.41, 5.74) is 0.371. The Morgan fingerprint density at radius 3 is 2.96 bits per heavy atom. The number of aliphatic carboxylic acids is 1. The molecule has 1 aromatic carbocycles. The van der Waals surface area contributed by atoms with Crippen LogP contribution in [0, 0.1) is 11.3 Å². The number of benzene rings is 1. The summed E-state index contributed by atoms with van der Waals surface area (Å²) in [7, 11) is 0. The number of carbonyl (C=O) groups is 2. The third-order valence-electron chi connectivity index (χ3n) is 5.38. The highest BCUT2D eigenvalue weighted by molar-refractivity contribution is 6.30. The van der Waals surface area contributed by atoms with Gasteiger partial charge in [-0.1, -0.05) is 11.6 Å². The minimum absolute atomic E-state index is 0.172. The Hall–Kier alpha value is -2.05. The number of halogens is 1. The Morgan fingerprint density at radius 2 is 2.20 bits per heavy atom. The summed E-state index contributed by atoms with van der Waals surface area (Å²) in [6, 6.07) is 5.26. The topological polar surface area (TPSA) is 76.1 Å². The number of amides is 1. The molecule has 4 rings (SSSR count). The van der Waals surface area contributed by atoms with Crippen molar-refractivity contribution in [2.24, 2.45) is 11.3 Å². The van der Waals surface area contributed by atoms with Crippen LogP contribution in [0.15, 0.2) is 23.8 Å². The van der Waals surface area contributed by atoms with Crippen molar-refractivity contribution in [1.29, 1.82) is 0 Å². The molecule has 132 valence electrons. The molecule has 2 atom stereocenters. The van der Waals surface area contributed by atoms with Gasteiger partial charge < -0.3 is 19.5 Å². The maximum atomic E-state index is 12.9. The average Bonchev–Trinajstić information content (AvgIpc) is 3.01. The standard InChI is InChI=1S/C18H18ClNO5/c19-14-1-2-15-11(6-14)5-12(8-25-15)16(21)20-7-13-9-24-4-3-18(13,10-20)17(22)23/h1-2,5-6,13H,3-4,7-10H2,(H,22,23)/t13-,18+/m0/s1. The molecule has 25 heavy (non-hydrogen) atoms. The van der Waals surface area contributed by atoms with Gasteiger partial charge in [0.25, 0.3) is 5.91 Å². The van der Waals surface area contributed by atoms with Gasteiger partial charge in [-0.3, -0.25) is 9.59 Å². The fourth-order valence-electron chi connectivity index (χ4n) is 3.93. The molecule has 0 spiro atoms. The molecule has 1 amide bonds. The maximum absolute atomic E-state index is 12.9. The van der Waals surface area contributed by atoms with E-state index < -0.39 is 11.4 Å². The molecule has 7 heteroatoms. The van der Waals surface area contributed by atoms with E-state index in [1.807, 2.05) is 0 Å². The Labute approximate surface area is 150 Å². The number of carboxylic acids is 1. The molecule has 1 N–H and O–H groups in total. The first kappa shape index (κ1) is 16.4. The van der Waals surface area contributed by atoms with Gasteiger partial charge >= 0.3 is 5.97 Å². The lowest BCUT2D eigenvalue weighted by molar-refractivity contribution is -0.157. The zero-order chi connectivity index (χ0) is 17.6. The fraction of sp³-hybridized carbons (Fsp3) is 0.444. The highest BCUT2D eigenvalue weighted by Crippen LogP contribution is 2.43. The first-order chi connectivity index (χ1) is 12.0. The molecule has 0 unspecified atom stereocenters. The highest BCUT2D eigenvalue weighted by Gasteiger charge is 2.55. The van der Waals surface area contributed by atoms with Crippen LogP contribution < -0.4 is 4.74 Å². The van der Waals surface area contributed by atoms with Crippen LogP contribution in [0.2, 0.25) is 5.02 Å². The van der Waals surface area contributed by atoms with Gasteiger partial charge in [0, 0.05) is 36.2 Å². The number of carbonyl (C=O) groups excluding carboxylic acids is 1. The lowest BCUT2D eigenvalue weighted by atomic mass is 9.74. The second kappa shape index (κ2) is 6.04. The predicted molar refractivity (Wildman–Crippen MR) is 90.5 cm³/mol. The molecule has 0 saturated carbocycles. The van der Waals surface area contributed by atoms with Crippen LogP contribution in [-0.2, 0) is 14.3 Å². The second-order valence-corrected chi connectivity index (χ2v) is 7.25. The molecule has 3 heterocycles. The van der Waals surface area contributed by atoms with Gasteiger partial charge in [-0.2, -0.15) is 0 Å². The molecule has 3 aliphatic heterocycles. The van der Waals surface area contributed by atoms with Gasteiger partial charge in [-0.15, -0.1) is 0 Å². The van der Waals surface area contributed by atoms with Crippen LogP contribution in [0.1, 0.15) is 12.0 Å². The minimum Gasteiger partial charge on any atom is -0.488 e. The van der Waals surface area contributed by atoms with E-state index in [-0.39, 0.29) is 25.0 Å². The van der Waals surface area contributed by atoms with Crippen LogP contribution >= 0.6 is 11.6 Å². The number of likely N-dealkylation sites (tertiary alicyclic amines) is 1. The summed E-state index contributed by atoms with van der Waals surface area (Å²) >= 11 is 6.01. The van der Waals surface area contributed by atoms with Crippen molar-refractivity contribution in [3.8, 4) is 5.75 Å². The van der Waals surface area contributed by atoms with E-state index >= 15 is 0 Å². The number of nitrogens with zero attached hydrogens (tertiary/aromatic N) is 1. The lowest BCUT2D eigenvalue weighted by Gasteiger charge is -2.33. The SMILES string of the molecule is O=C(C1=Cc2cc(Cl)ccc2OC1)N1C[C@H]2COCC[C@@]2(C(=O)O)C1. The Morgan fingerprint density at radius 1 is 1.36 bits per heavy atom. The van der Waals surface area contributed by atoms with Crippen molar-refractivity contribution in [3.63, 3.8) is 0 Å². The minimum atomic E-state index is -0.898. The Balaban J connectivity index is 1.59. The van der Waals surface area contributed by atoms with Crippen molar-refractivity contribution in [2.45, 2.75) is 6.42 Å². The van der Waals surface area contributed by atoms with Crippen LogP contribution in [-0.4, -0.2) is 54.8 Å². The molecule has 0 aliphatic carbocycles. The first-order valence-electron chi connectivity index (χ1n) is 8.23. The van der Waals surface area contributed by atoms with E-state index in [1.54, 1.807) is 29.2 Å². The molecule has 0 radical (unpaired) electrons. The maximum Gasteiger partial charge on any atom is 0.311 e. The van der Waals surface area contributed by atoms with E-state index in [4.69, 9.17) is 21.1 Å². The molecule has 0 bridgehead atoms. The Bertz CT molecular complexity index is 777. The zero-order valence-corrected chi connectivity index (χ0v) is 14.3. The van der Waals surface area contributed by atoms with Crippen molar-refractivity contribution >= 4 is 29.6 Å². The van der Waals surface area contributed by atoms with E-state index in [0.717, 1.165) is 5.56 Å². The summed E-state index contributed by atoms with van der Waals surface area (Å²) in [6.07, 6.45) is 2.21. The highest BCUT2D eigenvalue weighted by atomic mass is 35.5. The molecule has 1 aromatic rings. The third-order valence-corrected chi connectivity index (χ3v) is 5.61. The second-order valence-electron chi connectivity index (χ2n) is 6.81. The van der Waals surface area contributed by atoms with Crippen molar-refractivity contribution in [2.75, 3.05) is 32.9 Å². The van der Waals surface area contributed by atoms with Crippen molar-refractivity contribution < 1.29 is 24.2 Å². The summed E-state index contributed by atoms with van der Waals surface area (Å²) in [6.45, 7) is 1.58. The largest absolute Gasteiger partial charge is 0.488 e. The molecular weight excluding hydrogens is 346 g/mol. The van der Waals surface area contributed by atoms with Crippen molar-refractivity contribution in [1.82, 2.24) is 4.90 Å². The van der Waals surface area contributed by atoms with Gasteiger partial charge in [-0.05, 0) is 30.7 Å². The fourth-order valence-corrected chi connectivity index (χ4v) is 4.11. The van der Waals surface area contributed by atoms with E-state index in [2.05, 4.69) is 0 Å². The average molecular weight is 364 g/mol. The first-order valence-corrected chi connectivity index (χ1v) is 8.61. The number of rotatable bonds is 2. The van der Waals surface area contributed by atoms with Crippen LogP contribution in [0.25, 0.3) is 6.08 Å². The monoisotopic (exact) mass is 363 g/mol. The number of hydrogen-bond donors (Lipinski definition) is 1. The lowest BCUT2D eigenvalue weighted by Crippen LogP contribution is -2.45. The number of hydrogen-bond acceptors (Lipinski definition) is 4.